The van der Waals surface area contributed by atoms with E-state index in [2.05, 4.69) is 0 Å². The van der Waals surface area contributed by atoms with Crippen molar-refractivity contribution in [1.82, 2.24) is 4.90 Å². The van der Waals surface area contributed by atoms with E-state index in [0.717, 1.165) is 12.1 Å². The molecule has 2 atom stereocenters. The third-order valence-electron chi connectivity index (χ3n) is 5.72. The lowest BCUT2D eigenvalue weighted by Crippen LogP contribution is -2.32. The number of aliphatic hydroxyl groups is 1. The van der Waals surface area contributed by atoms with Crippen LogP contribution in [-0.2, 0) is 0 Å². The maximum absolute atomic E-state index is 12.8. The molecule has 0 aliphatic carbocycles. The molecular formula is C21H21ClN2O7. The summed E-state index contributed by atoms with van der Waals surface area (Å²) in [5.74, 6) is -0.906. The number of likely N-dealkylation sites (N-methyl/N-ethyl adjacent to an activating group) is 1. The Hall–Kier alpha value is -3.14. The van der Waals surface area contributed by atoms with Crippen molar-refractivity contribution in [3.63, 3.8) is 0 Å². The third-order valence-corrected chi connectivity index (χ3v) is 5.72. The fourth-order valence-electron chi connectivity index (χ4n) is 4.21. The van der Waals surface area contributed by atoms with Gasteiger partial charge in [0.25, 0.3) is 5.69 Å². The van der Waals surface area contributed by atoms with Gasteiger partial charge in [-0.05, 0) is 20.0 Å². The summed E-state index contributed by atoms with van der Waals surface area (Å²) < 4.78 is 5.95. The number of fused-ring (bicyclic) bond motifs is 1. The van der Waals surface area contributed by atoms with Crippen LogP contribution >= 0.6 is 12.4 Å². The average Bonchev–Trinajstić information content (AvgIpc) is 3.07. The molecule has 1 aromatic heterocycles. The van der Waals surface area contributed by atoms with Crippen molar-refractivity contribution in [2.75, 3.05) is 20.2 Å². The molecule has 3 aromatic rings. The van der Waals surface area contributed by atoms with Crippen LogP contribution < -0.4 is 5.43 Å². The Kier molecular flexibility index (Phi) is 6.21. The number of nitro benzene ring substituents is 1. The van der Waals surface area contributed by atoms with Gasteiger partial charge in [0.2, 0.25) is 0 Å². The number of nitrogens with zero attached hydrogens (tertiary/aromatic N) is 2. The van der Waals surface area contributed by atoms with E-state index in [1.807, 2.05) is 11.9 Å². The van der Waals surface area contributed by atoms with Crippen molar-refractivity contribution in [2.24, 2.45) is 0 Å². The normalized spacial score (nSPS) is 18.8. The predicted octanol–water partition coefficient (Wildman–Crippen LogP) is 2.98. The van der Waals surface area contributed by atoms with Gasteiger partial charge >= 0.3 is 0 Å². The summed E-state index contributed by atoms with van der Waals surface area (Å²) >= 11 is 0. The van der Waals surface area contributed by atoms with Crippen LogP contribution in [0.15, 0.2) is 45.6 Å². The first-order valence-corrected chi connectivity index (χ1v) is 9.40. The SMILES string of the molecule is CN1CCC(c2c(O)cc(O)c3c(=O)cc(-c4cccc([N+](=O)[O-])c4)oc23)C1CO.Cl. The Morgan fingerprint density at radius 1 is 1.23 bits per heavy atom. The van der Waals surface area contributed by atoms with E-state index >= 15 is 0 Å². The highest BCUT2D eigenvalue weighted by atomic mass is 35.5. The van der Waals surface area contributed by atoms with Crippen LogP contribution in [0.3, 0.4) is 0 Å². The molecule has 0 spiro atoms. The van der Waals surface area contributed by atoms with Gasteiger partial charge in [0, 0.05) is 47.4 Å². The molecule has 164 valence electrons. The predicted molar refractivity (Wildman–Crippen MR) is 116 cm³/mol. The van der Waals surface area contributed by atoms with Crippen LogP contribution in [0.4, 0.5) is 5.69 Å². The second-order valence-corrected chi connectivity index (χ2v) is 7.44. The lowest BCUT2D eigenvalue weighted by atomic mass is 9.89. The largest absolute Gasteiger partial charge is 0.507 e. The van der Waals surface area contributed by atoms with Crippen LogP contribution in [0.5, 0.6) is 11.5 Å². The maximum Gasteiger partial charge on any atom is 0.270 e. The molecule has 3 N–H and O–H groups in total. The number of nitro groups is 1. The summed E-state index contributed by atoms with van der Waals surface area (Å²) in [6.45, 7) is 0.518. The number of hydrogen-bond acceptors (Lipinski definition) is 8. The fourth-order valence-corrected chi connectivity index (χ4v) is 4.21. The molecule has 0 radical (unpaired) electrons. The molecule has 2 unspecified atom stereocenters. The van der Waals surface area contributed by atoms with Gasteiger partial charge in [-0.2, -0.15) is 0 Å². The van der Waals surface area contributed by atoms with E-state index in [1.165, 1.54) is 18.2 Å². The van der Waals surface area contributed by atoms with Gasteiger partial charge in [-0.3, -0.25) is 14.9 Å². The first kappa shape index (κ1) is 22.5. The Morgan fingerprint density at radius 2 is 1.97 bits per heavy atom. The highest BCUT2D eigenvalue weighted by Gasteiger charge is 2.36. The van der Waals surface area contributed by atoms with Gasteiger partial charge in [0.05, 0.1) is 11.5 Å². The quantitative estimate of drug-likeness (QED) is 0.409. The lowest BCUT2D eigenvalue weighted by molar-refractivity contribution is -0.384. The monoisotopic (exact) mass is 448 g/mol. The molecule has 31 heavy (non-hydrogen) atoms. The zero-order valence-corrected chi connectivity index (χ0v) is 17.3. The molecule has 1 fully saturated rings. The molecule has 0 amide bonds. The van der Waals surface area contributed by atoms with Gasteiger partial charge in [-0.1, -0.05) is 12.1 Å². The number of hydrogen-bond donors (Lipinski definition) is 3. The van der Waals surface area contributed by atoms with Crippen molar-refractivity contribution in [2.45, 2.75) is 18.4 Å². The number of aromatic hydroxyl groups is 2. The molecule has 1 aliphatic rings. The molecule has 2 heterocycles. The summed E-state index contributed by atoms with van der Waals surface area (Å²) in [6.07, 6.45) is 0.611. The topological polar surface area (TPSA) is 137 Å². The van der Waals surface area contributed by atoms with Crippen molar-refractivity contribution in [3.05, 3.63) is 62.3 Å². The zero-order chi connectivity index (χ0) is 21.6. The van der Waals surface area contributed by atoms with Crippen LogP contribution in [0.1, 0.15) is 17.9 Å². The number of phenols is 2. The molecule has 1 aliphatic heterocycles. The molecule has 4 rings (SSSR count). The third kappa shape index (κ3) is 3.83. The van der Waals surface area contributed by atoms with E-state index in [0.29, 0.717) is 24.1 Å². The van der Waals surface area contributed by atoms with E-state index in [1.54, 1.807) is 6.07 Å². The Labute approximate surface area is 182 Å². The molecule has 0 bridgehead atoms. The molecule has 9 nitrogen and oxygen atoms in total. The fraction of sp³-hybridized carbons (Fsp3) is 0.286. The van der Waals surface area contributed by atoms with Crippen LogP contribution in [0.25, 0.3) is 22.3 Å². The standard InChI is InChI=1S/C21H20N2O7.ClH/c1-22-6-5-13(14(22)10-24)19-15(25)8-16(26)20-17(27)9-18(30-21(19)20)11-3-2-4-12(7-11)23(28)29;/h2-4,7-9,13-14,24-26H,5-6,10H2,1H3;1H. The van der Waals surface area contributed by atoms with Gasteiger partial charge in [-0.15, -0.1) is 12.4 Å². The summed E-state index contributed by atoms with van der Waals surface area (Å²) in [5, 5.41) is 41.7. The maximum atomic E-state index is 12.8. The number of halogens is 1. The van der Waals surface area contributed by atoms with Gasteiger partial charge in [0.1, 0.15) is 28.2 Å². The second-order valence-electron chi connectivity index (χ2n) is 7.44. The van der Waals surface area contributed by atoms with Crippen molar-refractivity contribution >= 4 is 29.1 Å². The second kappa shape index (κ2) is 8.54. The Balaban J connectivity index is 0.00000272. The van der Waals surface area contributed by atoms with Crippen LogP contribution in [0.2, 0.25) is 0 Å². The summed E-state index contributed by atoms with van der Waals surface area (Å²) in [5.41, 5.74) is -0.0366. The summed E-state index contributed by atoms with van der Waals surface area (Å²) in [4.78, 5) is 25.3. The Morgan fingerprint density at radius 3 is 2.65 bits per heavy atom. The summed E-state index contributed by atoms with van der Waals surface area (Å²) in [7, 11) is 1.85. The minimum Gasteiger partial charge on any atom is -0.507 e. The van der Waals surface area contributed by atoms with Crippen molar-refractivity contribution in [3.8, 4) is 22.8 Å². The average molecular weight is 449 g/mol. The summed E-state index contributed by atoms with van der Waals surface area (Å²) in [6, 6.07) is 7.63. The number of likely N-dealkylation sites (tertiary alicyclic amines) is 1. The number of non-ortho nitro benzene ring substituents is 1. The van der Waals surface area contributed by atoms with Crippen molar-refractivity contribution in [1.29, 1.82) is 0 Å². The first-order valence-electron chi connectivity index (χ1n) is 9.40. The minimum atomic E-state index is -0.550. The van der Waals surface area contributed by atoms with Crippen LogP contribution in [-0.4, -0.2) is 51.4 Å². The number of aliphatic hydroxyl groups excluding tert-OH is 1. The highest BCUT2D eigenvalue weighted by molar-refractivity contribution is 5.90. The van der Waals surface area contributed by atoms with E-state index in [-0.39, 0.29) is 59.1 Å². The zero-order valence-electron chi connectivity index (χ0n) is 16.5. The van der Waals surface area contributed by atoms with Gasteiger partial charge < -0.3 is 24.6 Å². The van der Waals surface area contributed by atoms with Gasteiger partial charge in [-0.25, -0.2) is 0 Å². The van der Waals surface area contributed by atoms with Gasteiger partial charge in [0.15, 0.2) is 5.43 Å². The number of rotatable bonds is 4. The molecule has 1 saturated heterocycles. The van der Waals surface area contributed by atoms with Crippen LogP contribution in [0, 0.1) is 10.1 Å². The molecular weight excluding hydrogens is 428 g/mol. The Bertz CT molecular complexity index is 1210. The van der Waals surface area contributed by atoms with E-state index in [4.69, 9.17) is 4.42 Å². The first-order chi connectivity index (χ1) is 14.3. The highest BCUT2D eigenvalue weighted by Crippen LogP contribution is 2.44. The van der Waals surface area contributed by atoms with E-state index in [9.17, 15) is 30.2 Å². The minimum absolute atomic E-state index is 0. The molecule has 0 saturated carbocycles. The number of phenolic OH excluding ortho intramolecular Hbond substituents is 2. The smallest absolute Gasteiger partial charge is 0.270 e. The molecule has 2 aromatic carbocycles. The van der Waals surface area contributed by atoms with E-state index < -0.39 is 16.1 Å². The lowest BCUT2D eigenvalue weighted by Gasteiger charge is -2.24. The van der Waals surface area contributed by atoms with Crippen molar-refractivity contribution < 1.29 is 24.7 Å². The number of benzene rings is 2. The molecule has 10 heteroatoms.